The summed E-state index contributed by atoms with van der Waals surface area (Å²) in [6, 6.07) is 7.73. The number of benzene rings is 1. The molecule has 5 heteroatoms. The predicted molar refractivity (Wildman–Crippen MR) is 86.2 cm³/mol. The van der Waals surface area contributed by atoms with Crippen LogP contribution >= 0.6 is 0 Å². The van der Waals surface area contributed by atoms with Crippen LogP contribution in [0.5, 0.6) is 0 Å². The van der Waals surface area contributed by atoms with Gasteiger partial charge in [-0.05, 0) is 42.9 Å². The van der Waals surface area contributed by atoms with E-state index in [-0.39, 0.29) is 24.1 Å². The minimum Gasteiger partial charge on any atom is -0.396 e. The number of hydrogen-bond donors (Lipinski definition) is 4. The van der Waals surface area contributed by atoms with Crippen LogP contribution in [0, 0.1) is 0 Å². The molecule has 0 aliphatic rings. The molecule has 0 heterocycles. The molecule has 1 rings (SSSR count). The van der Waals surface area contributed by atoms with Gasteiger partial charge in [0, 0.05) is 12.6 Å². The Morgan fingerprint density at radius 1 is 1.24 bits per heavy atom. The lowest BCUT2D eigenvalue weighted by Gasteiger charge is -2.19. The smallest absolute Gasteiger partial charge is 0.333 e. The van der Waals surface area contributed by atoms with Crippen LogP contribution in [0.25, 0.3) is 0 Å². The lowest BCUT2D eigenvalue weighted by molar-refractivity contribution is 0.236. The second-order valence-corrected chi connectivity index (χ2v) is 6.32. The fraction of sp³-hybridized carbons (Fsp3) is 0.562. The predicted octanol–water partition coefficient (Wildman–Crippen LogP) is 2.77. The van der Waals surface area contributed by atoms with Crippen molar-refractivity contribution in [3.63, 3.8) is 0 Å². The minimum absolute atomic E-state index is 0.0298. The summed E-state index contributed by atoms with van der Waals surface area (Å²) in [5.41, 5.74) is 7.67. The molecular weight excluding hydrogens is 266 g/mol. The van der Waals surface area contributed by atoms with E-state index in [1.54, 1.807) is 0 Å². The number of hydrogen-bond acceptors (Lipinski definition) is 3. The van der Waals surface area contributed by atoms with E-state index < -0.39 is 0 Å². The van der Waals surface area contributed by atoms with Gasteiger partial charge in [0.05, 0.1) is 5.69 Å². The molecule has 4 N–H and O–H groups in total. The molecule has 0 bridgehead atoms. The molecule has 0 aliphatic carbocycles. The Bertz CT molecular complexity index is 438. The number of carbonyl (C=O) groups is 1. The quantitative estimate of drug-likeness (QED) is 0.609. The molecular formula is C16H27N3O2. The first-order valence-electron chi connectivity index (χ1n) is 7.37. The summed E-state index contributed by atoms with van der Waals surface area (Å²) in [6.07, 6.45) is 1.44. The highest BCUT2D eigenvalue weighted by molar-refractivity contribution is 5.75. The number of carbonyl (C=O) groups excluding carboxylic acids is 1. The van der Waals surface area contributed by atoms with E-state index in [1.807, 2.05) is 31.2 Å². The zero-order chi connectivity index (χ0) is 15.9. The van der Waals surface area contributed by atoms with Crippen LogP contribution < -0.4 is 16.2 Å². The first-order chi connectivity index (χ1) is 9.82. The first-order valence-corrected chi connectivity index (χ1v) is 7.37. The van der Waals surface area contributed by atoms with E-state index >= 15 is 0 Å². The van der Waals surface area contributed by atoms with Crippen molar-refractivity contribution in [3.05, 3.63) is 29.8 Å². The maximum absolute atomic E-state index is 11.7. The van der Waals surface area contributed by atoms with E-state index in [9.17, 15) is 4.79 Å². The van der Waals surface area contributed by atoms with Crippen molar-refractivity contribution in [1.29, 1.82) is 0 Å². The molecule has 1 unspecified atom stereocenters. The van der Waals surface area contributed by atoms with Gasteiger partial charge in [0.2, 0.25) is 0 Å². The Morgan fingerprint density at radius 2 is 1.86 bits per heavy atom. The SMILES string of the molecule is CC(CCCO)NC(=O)NNc1ccc(C(C)(C)C)cc1. The van der Waals surface area contributed by atoms with Gasteiger partial charge in [-0.3, -0.25) is 10.9 Å². The Kier molecular flexibility index (Phi) is 6.49. The van der Waals surface area contributed by atoms with Crippen molar-refractivity contribution >= 4 is 11.7 Å². The molecule has 1 aromatic rings. The van der Waals surface area contributed by atoms with Crippen LogP contribution in [0.3, 0.4) is 0 Å². The van der Waals surface area contributed by atoms with E-state index in [1.165, 1.54) is 5.56 Å². The van der Waals surface area contributed by atoms with Gasteiger partial charge in [-0.2, -0.15) is 0 Å². The van der Waals surface area contributed by atoms with Crippen LogP contribution in [0.4, 0.5) is 10.5 Å². The maximum atomic E-state index is 11.7. The fourth-order valence-corrected chi connectivity index (χ4v) is 1.91. The lowest BCUT2D eigenvalue weighted by atomic mass is 9.87. The summed E-state index contributed by atoms with van der Waals surface area (Å²) in [5.74, 6) is 0. The highest BCUT2D eigenvalue weighted by atomic mass is 16.3. The van der Waals surface area contributed by atoms with Crippen molar-refractivity contribution in [2.24, 2.45) is 0 Å². The molecule has 2 amide bonds. The number of anilines is 1. The molecule has 1 atom stereocenters. The Balaban J connectivity index is 2.39. The van der Waals surface area contributed by atoms with Gasteiger partial charge in [-0.15, -0.1) is 0 Å². The van der Waals surface area contributed by atoms with Crippen LogP contribution in [0.1, 0.15) is 46.1 Å². The molecule has 0 aromatic heterocycles. The molecule has 118 valence electrons. The van der Waals surface area contributed by atoms with E-state index in [0.717, 1.165) is 12.1 Å². The third-order valence-electron chi connectivity index (χ3n) is 3.24. The molecule has 1 aromatic carbocycles. The largest absolute Gasteiger partial charge is 0.396 e. The maximum Gasteiger partial charge on any atom is 0.333 e. The monoisotopic (exact) mass is 293 g/mol. The Labute approximate surface area is 127 Å². The molecule has 0 saturated carbocycles. The van der Waals surface area contributed by atoms with Crippen LogP contribution in [0.15, 0.2) is 24.3 Å². The topological polar surface area (TPSA) is 73.4 Å². The summed E-state index contributed by atoms with van der Waals surface area (Å²) < 4.78 is 0. The lowest BCUT2D eigenvalue weighted by Crippen LogP contribution is -2.43. The number of rotatable bonds is 6. The Morgan fingerprint density at radius 3 is 2.38 bits per heavy atom. The zero-order valence-corrected chi connectivity index (χ0v) is 13.4. The van der Waals surface area contributed by atoms with Gasteiger partial charge in [0.1, 0.15) is 0 Å². The van der Waals surface area contributed by atoms with Crippen molar-refractivity contribution in [2.45, 2.75) is 52.0 Å². The fourth-order valence-electron chi connectivity index (χ4n) is 1.91. The normalized spacial score (nSPS) is 12.6. The molecule has 0 saturated heterocycles. The number of amides is 2. The first kappa shape index (κ1) is 17.3. The summed E-state index contributed by atoms with van der Waals surface area (Å²) in [5, 5.41) is 11.5. The van der Waals surface area contributed by atoms with Crippen molar-refractivity contribution in [1.82, 2.24) is 10.7 Å². The number of urea groups is 1. The second-order valence-electron chi connectivity index (χ2n) is 6.32. The van der Waals surface area contributed by atoms with Gasteiger partial charge in [-0.25, -0.2) is 4.79 Å². The standard InChI is InChI=1S/C16H27N3O2/c1-12(6-5-11-20)17-15(21)19-18-14-9-7-13(8-10-14)16(2,3)4/h7-10,12,18,20H,5-6,11H2,1-4H3,(H2,17,19,21). The third kappa shape index (κ3) is 6.49. The summed E-state index contributed by atoms with van der Waals surface area (Å²) in [7, 11) is 0. The molecule has 0 spiro atoms. The number of nitrogens with one attached hydrogen (secondary N) is 3. The van der Waals surface area contributed by atoms with Crippen LogP contribution in [0.2, 0.25) is 0 Å². The second kappa shape index (κ2) is 7.88. The highest BCUT2D eigenvalue weighted by Gasteiger charge is 2.12. The molecule has 0 fully saturated rings. The molecule has 0 aliphatic heterocycles. The van der Waals surface area contributed by atoms with Gasteiger partial charge >= 0.3 is 6.03 Å². The van der Waals surface area contributed by atoms with Crippen LogP contribution in [-0.4, -0.2) is 23.8 Å². The van der Waals surface area contributed by atoms with Gasteiger partial charge in [0.15, 0.2) is 0 Å². The average Bonchev–Trinajstić information content (AvgIpc) is 2.42. The van der Waals surface area contributed by atoms with E-state index in [2.05, 4.69) is 36.9 Å². The summed E-state index contributed by atoms with van der Waals surface area (Å²) in [6.45, 7) is 8.54. The van der Waals surface area contributed by atoms with Gasteiger partial charge < -0.3 is 10.4 Å². The Hall–Kier alpha value is -1.75. The number of aliphatic hydroxyl groups is 1. The van der Waals surface area contributed by atoms with E-state index in [4.69, 9.17) is 5.11 Å². The zero-order valence-electron chi connectivity index (χ0n) is 13.4. The molecule has 21 heavy (non-hydrogen) atoms. The van der Waals surface area contributed by atoms with Gasteiger partial charge in [-0.1, -0.05) is 32.9 Å². The average molecular weight is 293 g/mol. The third-order valence-corrected chi connectivity index (χ3v) is 3.24. The van der Waals surface area contributed by atoms with Crippen molar-refractivity contribution in [3.8, 4) is 0 Å². The highest BCUT2D eigenvalue weighted by Crippen LogP contribution is 2.23. The summed E-state index contributed by atoms with van der Waals surface area (Å²) in [4.78, 5) is 11.7. The number of hydrazine groups is 1. The molecule has 0 radical (unpaired) electrons. The van der Waals surface area contributed by atoms with E-state index in [0.29, 0.717) is 6.42 Å². The van der Waals surface area contributed by atoms with Gasteiger partial charge in [0.25, 0.3) is 0 Å². The van der Waals surface area contributed by atoms with Crippen LogP contribution in [-0.2, 0) is 5.41 Å². The van der Waals surface area contributed by atoms with Crippen molar-refractivity contribution in [2.75, 3.05) is 12.0 Å². The minimum atomic E-state index is -0.277. The summed E-state index contributed by atoms with van der Waals surface area (Å²) >= 11 is 0. The number of aliphatic hydroxyl groups excluding tert-OH is 1. The molecule has 5 nitrogen and oxygen atoms in total. The van der Waals surface area contributed by atoms with Crippen molar-refractivity contribution < 1.29 is 9.90 Å².